The van der Waals surface area contributed by atoms with Crippen molar-refractivity contribution in [3.05, 3.63) is 76.7 Å². The van der Waals surface area contributed by atoms with Crippen LogP contribution >= 0.6 is 0 Å². The number of hydrogen-bond donors (Lipinski definition) is 2. The van der Waals surface area contributed by atoms with Gasteiger partial charge in [0.05, 0.1) is 6.10 Å². The van der Waals surface area contributed by atoms with Crippen LogP contribution in [0.2, 0.25) is 0 Å². The van der Waals surface area contributed by atoms with Crippen LogP contribution in [0.5, 0.6) is 5.75 Å². The second kappa shape index (κ2) is 10.3. The minimum atomic E-state index is -4.13. The number of rotatable bonds is 8. The number of benzene rings is 1. The van der Waals surface area contributed by atoms with Crippen LogP contribution in [0.4, 0.5) is 17.6 Å². The van der Waals surface area contributed by atoms with Crippen LogP contribution in [0.3, 0.4) is 0 Å². The molecule has 6 heteroatoms. The van der Waals surface area contributed by atoms with Gasteiger partial charge in [-0.25, -0.2) is 4.39 Å². The molecule has 2 atom stereocenters. The van der Waals surface area contributed by atoms with Crippen molar-refractivity contribution in [2.24, 2.45) is 0 Å². The topological polar surface area (TPSA) is 40.5 Å². The van der Waals surface area contributed by atoms with E-state index in [9.17, 15) is 23.4 Å². The number of allylic oxidation sites excluding steroid dienone is 6. The Morgan fingerprint density at radius 1 is 0.935 bits per heavy atom. The SMILES string of the molecule is Oc1ccc(C2CC=C(C3=CCC(O)C=C3)C(F)=C2CCCCCCC(F)(F)F)cc1. The van der Waals surface area contributed by atoms with E-state index in [0.717, 1.165) is 11.1 Å². The van der Waals surface area contributed by atoms with Crippen molar-refractivity contribution in [1.29, 1.82) is 0 Å². The summed E-state index contributed by atoms with van der Waals surface area (Å²) in [5.41, 5.74) is 2.82. The first-order valence-corrected chi connectivity index (χ1v) is 10.8. The lowest BCUT2D eigenvalue weighted by molar-refractivity contribution is -0.135. The fraction of sp³-hybridized carbons (Fsp3) is 0.440. The van der Waals surface area contributed by atoms with E-state index in [4.69, 9.17) is 0 Å². The van der Waals surface area contributed by atoms with Crippen LogP contribution in [-0.2, 0) is 0 Å². The van der Waals surface area contributed by atoms with Gasteiger partial charge in [-0.15, -0.1) is 0 Å². The summed E-state index contributed by atoms with van der Waals surface area (Å²) < 4.78 is 52.5. The van der Waals surface area contributed by atoms with Gasteiger partial charge in [-0.05, 0) is 60.9 Å². The highest BCUT2D eigenvalue weighted by atomic mass is 19.4. The summed E-state index contributed by atoms with van der Waals surface area (Å²) in [4.78, 5) is 0. The molecule has 1 aromatic rings. The third kappa shape index (κ3) is 6.57. The standard InChI is InChI=1S/C25H28F4O2/c26-24-22(18-8-12-20(31)13-9-18)15-14-21(17-6-10-19(30)11-7-17)23(24)5-3-1-2-4-16-25(27,28)29/h6-12,15,20-21,30-31H,1-5,13-14,16H2. The van der Waals surface area contributed by atoms with Gasteiger partial charge in [0.2, 0.25) is 0 Å². The normalized spacial score (nSPS) is 21.8. The van der Waals surface area contributed by atoms with Gasteiger partial charge in [-0.2, -0.15) is 13.2 Å². The molecule has 2 aliphatic rings. The summed E-state index contributed by atoms with van der Waals surface area (Å²) in [5, 5.41) is 19.2. The first-order chi connectivity index (χ1) is 14.7. The molecule has 1 aromatic carbocycles. The van der Waals surface area contributed by atoms with E-state index in [-0.39, 0.29) is 23.9 Å². The summed E-state index contributed by atoms with van der Waals surface area (Å²) >= 11 is 0. The number of phenolic OH excluding ortho intramolecular Hbond substituents is 1. The van der Waals surface area contributed by atoms with Gasteiger partial charge in [-0.1, -0.05) is 49.3 Å². The van der Waals surface area contributed by atoms with Crippen molar-refractivity contribution in [1.82, 2.24) is 0 Å². The van der Waals surface area contributed by atoms with Crippen molar-refractivity contribution >= 4 is 0 Å². The Labute approximate surface area is 180 Å². The van der Waals surface area contributed by atoms with Gasteiger partial charge >= 0.3 is 6.18 Å². The van der Waals surface area contributed by atoms with Crippen LogP contribution in [0, 0.1) is 0 Å². The van der Waals surface area contributed by atoms with E-state index in [1.807, 2.05) is 12.2 Å². The summed E-state index contributed by atoms with van der Waals surface area (Å²) in [6, 6.07) is 6.72. The van der Waals surface area contributed by atoms with Gasteiger partial charge in [0, 0.05) is 17.9 Å². The average Bonchev–Trinajstić information content (AvgIpc) is 2.72. The Morgan fingerprint density at radius 2 is 1.65 bits per heavy atom. The smallest absolute Gasteiger partial charge is 0.389 e. The highest BCUT2D eigenvalue weighted by Crippen LogP contribution is 2.43. The van der Waals surface area contributed by atoms with Crippen LogP contribution in [0.1, 0.15) is 62.8 Å². The predicted molar refractivity (Wildman–Crippen MR) is 113 cm³/mol. The number of hydrogen-bond acceptors (Lipinski definition) is 2. The van der Waals surface area contributed by atoms with Crippen molar-refractivity contribution in [3.63, 3.8) is 0 Å². The molecular weight excluding hydrogens is 408 g/mol. The average molecular weight is 436 g/mol. The first kappa shape index (κ1) is 23.3. The Bertz CT molecular complexity index is 876. The van der Waals surface area contributed by atoms with Crippen LogP contribution in [0.25, 0.3) is 0 Å². The molecule has 0 amide bonds. The maximum Gasteiger partial charge on any atom is 0.389 e. The van der Waals surface area contributed by atoms with Gasteiger partial charge in [0.25, 0.3) is 0 Å². The molecule has 168 valence electrons. The molecule has 0 spiro atoms. The van der Waals surface area contributed by atoms with Crippen molar-refractivity contribution < 1.29 is 27.8 Å². The molecule has 3 rings (SSSR count). The summed E-state index contributed by atoms with van der Waals surface area (Å²) in [5.74, 6) is -0.312. The minimum absolute atomic E-state index is 0.0948. The zero-order chi connectivity index (χ0) is 22.4. The van der Waals surface area contributed by atoms with Crippen molar-refractivity contribution in [2.75, 3.05) is 0 Å². The van der Waals surface area contributed by atoms with Gasteiger partial charge in [-0.3, -0.25) is 0 Å². The first-order valence-electron chi connectivity index (χ1n) is 10.8. The molecule has 0 saturated heterocycles. The second-order valence-corrected chi connectivity index (χ2v) is 8.19. The van der Waals surface area contributed by atoms with E-state index >= 15 is 4.39 Å². The lowest BCUT2D eigenvalue weighted by Crippen LogP contribution is -2.12. The van der Waals surface area contributed by atoms with Gasteiger partial charge < -0.3 is 10.2 Å². The molecule has 2 aliphatic carbocycles. The molecule has 2 nitrogen and oxygen atoms in total. The van der Waals surface area contributed by atoms with Crippen LogP contribution in [-0.4, -0.2) is 22.5 Å². The Morgan fingerprint density at radius 3 is 2.29 bits per heavy atom. The summed E-state index contributed by atoms with van der Waals surface area (Å²) in [6.07, 6.45) is 4.92. The molecule has 0 radical (unpaired) electrons. The molecular formula is C25H28F4O2. The van der Waals surface area contributed by atoms with Gasteiger partial charge in [0.15, 0.2) is 0 Å². The zero-order valence-corrected chi connectivity index (χ0v) is 17.3. The molecule has 0 aromatic heterocycles. The number of phenols is 1. The lowest BCUT2D eigenvalue weighted by Gasteiger charge is -2.27. The van der Waals surface area contributed by atoms with E-state index in [0.29, 0.717) is 49.7 Å². The van der Waals surface area contributed by atoms with Gasteiger partial charge in [0.1, 0.15) is 11.6 Å². The fourth-order valence-corrected chi connectivity index (χ4v) is 4.17. The molecule has 0 aliphatic heterocycles. The molecule has 31 heavy (non-hydrogen) atoms. The second-order valence-electron chi connectivity index (χ2n) is 8.19. The number of aliphatic hydroxyl groups is 1. The van der Waals surface area contributed by atoms with E-state index in [1.54, 1.807) is 36.4 Å². The fourth-order valence-electron chi connectivity index (χ4n) is 4.17. The highest BCUT2D eigenvalue weighted by Gasteiger charge is 2.28. The Hall–Kier alpha value is -2.34. The molecule has 0 fully saturated rings. The number of alkyl halides is 3. The van der Waals surface area contributed by atoms with E-state index in [2.05, 4.69) is 0 Å². The monoisotopic (exact) mass is 436 g/mol. The maximum atomic E-state index is 15.6. The molecule has 2 N–H and O–H groups in total. The lowest BCUT2D eigenvalue weighted by atomic mass is 9.78. The quantitative estimate of drug-likeness (QED) is 0.335. The largest absolute Gasteiger partial charge is 0.508 e. The Balaban J connectivity index is 1.74. The number of halogens is 4. The maximum absolute atomic E-state index is 15.6. The molecule has 0 bridgehead atoms. The van der Waals surface area contributed by atoms with Crippen molar-refractivity contribution in [3.8, 4) is 5.75 Å². The minimum Gasteiger partial charge on any atom is -0.508 e. The third-order valence-electron chi connectivity index (χ3n) is 5.84. The van der Waals surface area contributed by atoms with Crippen LogP contribution < -0.4 is 0 Å². The predicted octanol–water partition coefficient (Wildman–Crippen LogP) is 7.18. The third-order valence-corrected chi connectivity index (χ3v) is 5.84. The highest BCUT2D eigenvalue weighted by molar-refractivity contribution is 5.55. The summed E-state index contributed by atoms with van der Waals surface area (Å²) in [6.45, 7) is 0. The number of unbranched alkanes of at least 4 members (excludes halogenated alkanes) is 3. The Kier molecular flexibility index (Phi) is 7.76. The number of aromatic hydroxyl groups is 1. The number of aliphatic hydroxyl groups excluding tert-OH is 1. The molecule has 2 unspecified atom stereocenters. The molecule has 0 heterocycles. The molecule has 0 saturated carbocycles. The van der Waals surface area contributed by atoms with E-state index < -0.39 is 18.7 Å². The van der Waals surface area contributed by atoms with E-state index in [1.165, 1.54) is 0 Å². The van der Waals surface area contributed by atoms with Crippen molar-refractivity contribution in [2.45, 2.75) is 69.6 Å². The zero-order valence-electron chi connectivity index (χ0n) is 17.3. The summed E-state index contributed by atoms with van der Waals surface area (Å²) in [7, 11) is 0. The van der Waals surface area contributed by atoms with Crippen LogP contribution in [0.15, 0.2) is 71.1 Å².